The smallest absolute Gasteiger partial charge is 0.338 e. The summed E-state index contributed by atoms with van der Waals surface area (Å²) in [5.41, 5.74) is 0.910. The van der Waals surface area contributed by atoms with E-state index < -0.39 is 24.0 Å². The molecule has 8 heteroatoms. The largest absolute Gasteiger partial charge is 0.481 e. The van der Waals surface area contributed by atoms with Gasteiger partial charge in [-0.1, -0.05) is 64.0 Å². The van der Waals surface area contributed by atoms with Gasteiger partial charge in [-0.2, -0.15) is 0 Å². The van der Waals surface area contributed by atoms with Crippen molar-refractivity contribution in [2.75, 3.05) is 6.54 Å². The average Bonchev–Trinajstić information content (AvgIpc) is 2.83. The zero-order valence-corrected chi connectivity index (χ0v) is 20.7. The first-order chi connectivity index (χ1) is 16.8. The van der Waals surface area contributed by atoms with Crippen LogP contribution in [0.1, 0.15) is 99.9 Å². The minimum atomic E-state index is -1.06. The van der Waals surface area contributed by atoms with Crippen LogP contribution in [0.25, 0.3) is 6.08 Å². The molecule has 0 spiro atoms. The van der Waals surface area contributed by atoms with Crippen LogP contribution < -0.4 is 5.32 Å². The van der Waals surface area contributed by atoms with Gasteiger partial charge in [-0.25, -0.2) is 9.59 Å². The summed E-state index contributed by atoms with van der Waals surface area (Å²) in [4.78, 5) is 46.6. The molecule has 0 aliphatic heterocycles. The molecule has 0 aliphatic carbocycles. The molecule has 8 nitrogen and oxygen atoms in total. The van der Waals surface area contributed by atoms with Crippen LogP contribution >= 0.6 is 0 Å². The van der Waals surface area contributed by atoms with Crippen LogP contribution in [0, 0.1) is 0 Å². The van der Waals surface area contributed by atoms with Crippen LogP contribution in [-0.4, -0.2) is 46.7 Å². The number of esters is 1. The summed E-state index contributed by atoms with van der Waals surface area (Å²) in [5, 5.41) is 20.2. The van der Waals surface area contributed by atoms with Crippen molar-refractivity contribution in [3.05, 3.63) is 41.5 Å². The van der Waals surface area contributed by atoms with Crippen LogP contribution in [-0.2, 0) is 19.1 Å². The molecule has 0 fully saturated rings. The molecule has 0 heterocycles. The molecular weight excluding hydrogens is 450 g/mol. The summed E-state index contributed by atoms with van der Waals surface area (Å²) in [7, 11) is 0. The van der Waals surface area contributed by atoms with Gasteiger partial charge in [0.2, 0.25) is 0 Å². The summed E-state index contributed by atoms with van der Waals surface area (Å²) in [6, 6.07) is 6.29. The predicted molar refractivity (Wildman–Crippen MR) is 134 cm³/mol. The molecular formula is C27H39NO7. The Bertz CT molecular complexity index is 817. The molecule has 3 N–H and O–H groups in total. The quantitative estimate of drug-likeness (QED) is 0.138. The van der Waals surface area contributed by atoms with Crippen LogP contribution in [0.15, 0.2) is 30.3 Å². The van der Waals surface area contributed by atoms with Crippen molar-refractivity contribution >= 4 is 29.9 Å². The molecule has 1 aromatic rings. The second-order valence-electron chi connectivity index (χ2n) is 8.59. The Morgan fingerprint density at radius 1 is 0.886 bits per heavy atom. The normalized spacial score (nSPS) is 11.8. The highest BCUT2D eigenvalue weighted by atomic mass is 16.5. The maximum Gasteiger partial charge on any atom is 0.338 e. The lowest BCUT2D eigenvalue weighted by Gasteiger charge is -2.18. The summed E-state index contributed by atoms with van der Waals surface area (Å²) >= 11 is 0. The molecule has 1 amide bonds. The highest BCUT2D eigenvalue weighted by Gasteiger charge is 2.23. The van der Waals surface area contributed by atoms with Crippen LogP contribution in [0.2, 0.25) is 0 Å². The molecule has 1 unspecified atom stereocenters. The first kappa shape index (κ1) is 29.9. The zero-order valence-electron chi connectivity index (χ0n) is 20.7. The summed E-state index contributed by atoms with van der Waals surface area (Å²) in [5.74, 6) is -2.84. The Kier molecular flexibility index (Phi) is 15.5. The van der Waals surface area contributed by atoms with Gasteiger partial charge in [0.25, 0.3) is 5.91 Å². The number of carbonyl (C=O) groups excluding carboxylic acids is 2. The van der Waals surface area contributed by atoms with Crippen molar-refractivity contribution in [3.63, 3.8) is 0 Å². The minimum Gasteiger partial charge on any atom is -0.481 e. The molecule has 194 valence electrons. The number of carbonyl (C=O) groups is 4. The third-order valence-corrected chi connectivity index (χ3v) is 5.54. The fourth-order valence-corrected chi connectivity index (χ4v) is 3.53. The zero-order chi connectivity index (χ0) is 25.9. The molecule has 0 saturated heterocycles. The number of aliphatic carboxylic acids is 2. The monoisotopic (exact) mass is 489 g/mol. The lowest BCUT2D eigenvalue weighted by atomic mass is 10.1. The Balaban J connectivity index is 2.62. The number of unbranched alkanes of at least 4 members (excludes halogenated alkanes) is 8. The van der Waals surface area contributed by atoms with E-state index in [2.05, 4.69) is 12.2 Å². The van der Waals surface area contributed by atoms with E-state index in [1.54, 1.807) is 12.1 Å². The molecule has 0 saturated carbocycles. The van der Waals surface area contributed by atoms with E-state index in [-0.39, 0.29) is 17.9 Å². The fourth-order valence-electron chi connectivity index (χ4n) is 3.53. The van der Waals surface area contributed by atoms with Crippen molar-refractivity contribution in [1.82, 2.24) is 5.32 Å². The summed E-state index contributed by atoms with van der Waals surface area (Å²) in [6.45, 7) is 2.57. The van der Waals surface area contributed by atoms with Crippen molar-refractivity contribution < 1.29 is 34.1 Å². The molecule has 1 aromatic carbocycles. The van der Waals surface area contributed by atoms with Gasteiger partial charge in [0, 0.05) is 19.0 Å². The number of ether oxygens (including phenoxy) is 1. The Hall–Kier alpha value is -3.16. The standard InChI is InChI=1S/C27H39NO7/c1-2-3-4-5-6-7-9-12-23(26(33)28-20-11-8-10-13-24(29)30)35-27(34)22-17-14-21(15-18-22)16-19-25(31)32/h14-19,23H,2-13,20H2,1H3,(H,28,33)(H,29,30)(H,31,32). The Morgan fingerprint density at radius 3 is 2.14 bits per heavy atom. The van der Waals surface area contributed by atoms with Crippen LogP contribution in [0.3, 0.4) is 0 Å². The first-order valence-electron chi connectivity index (χ1n) is 12.5. The van der Waals surface area contributed by atoms with Crippen molar-refractivity contribution in [2.45, 2.75) is 90.1 Å². The molecule has 0 aromatic heterocycles. The Labute approximate surface area is 207 Å². The van der Waals surface area contributed by atoms with E-state index in [1.807, 2.05) is 0 Å². The molecule has 0 aliphatic rings. The number of rotatable bonds is 19. The van der Waals surface area contributed by atoms with Gasteiger partial charge < -0.3 is 20.3 Å². The van der Waals surface area contributed by atoms with Gasteiger partial charge in [-0.15, -0.1) is 0 Å². The maximum atomic E-state index is 12.7. The van der Waals surface area contributed by atoms with E-state index in [0.29, 0.717) is 37.8 Å². The average molecular weight is 490 g/mol. The van der Waals surface area contributed by atoms with E-state index in [1.165, 1.54) is 37.5 Å². The fraction of sp³-hybridized carbons (Fsp3) is 0.556. The number of benzene rings is 1. The number of carboxylic acid groups (broad SMARTS) is 2. The third kappa shape index (κ3) is 14.7. The van der Waals surface area contributed by atoms with Crippen molar-refractivity contribution in [2.24, 2.45) is 0 Å². The third-order valence-electron chi connectivity index (χ3n) is 5.54. The second kappa shape index (κ2) is 18.2. The van der Waals surface area contributed by atoms with Crippen molar-refractivity contribution in [3.8, 4) is 0 Å². The lowest BCUT2D eigenvalue weighted by molar-refractivity contribution is -0.137. The van der Waals surface area contributed by atoms with Gasteiger partial charge in [0.05, 0.1) is 5.56 Å². The lowest BCUT2D eigenvalue weighted by Crippen LogP contribution is -2.38. The molecule has 0 radical (unpaired) electrons. The highest BCUT2D eigenvalue weighted by Crippen LogP contribution is 2.14. The molecule has 35 heavy (non-hydrogen) atoms. The topological polar surface area (TPSA) is 130 Å². The number of hydrogen-bond acceptors (Lipinski definition) is 5. The first-order valence-corrected chi connectivity index (χ1v) is 12.5. The van der Waals surface area contributed by atoms with Crippen molar-refractivity contribution in [1.29, 1.82) is 0 Å². The van der Waals surface area contributed by atoms with E-state index >= 15 is 0 Å². The summed E-state index contributed by atoms with van der Waals surface area (Å²) < 4.78 is 5.55. The maximum absolute atomic E-state index is 12.7. The van der Waals surface area contributed by atoms with Crippen LogP contribution in [0.5, 0.6) is 0 Å². The van der Waals surface area contributed by atoms with Gasteiger partial charge in [-0.05, 0) is 49.5 Å². The predicted octanol–water partition coefficient (Wildman–Crippen LogP) is 5.21. The van der Waals surface area contributed by atoms with Gasteiger partial charge in [-0.3, -0.25) is 9.59 Å². The number of carboxylic acids is 2. The molecule has 1 atom stereocenters. The SMILES string of the molecule is CCCCCCCCCC(OC(=O)c1ccc(C=CC(=O)O)cc1)C(=O)NCCCCCC(=O)O. The highest BCUT2D eigenvalue weighted by molar-refractivity contribution is 5.92. The second-order valence-corrected chi connectivity index (χ2v) is 8.59. The van der Waals surface area contributed by atoms with Crippen LogP contribution in [0.4, 0.5) is 0 Å². The number of hydrogen-bond donors (Lipinski definition) is 3. The van der Waals surface area contributed by atoms with Gasteiger partial charge in [0.15, 0.2) is 6.10 Å². The minimum absolute atomic E-state index is 0.108. The number of amides is 1. The number of nitrogens with one attached hydrogen (secondary N) is 1. The molecule has 1 rings (SSSR count). The van der Waals surface area contributed by atoms with E-state index in [0.717, 1.165) is 31.8 Å². The van der Waals surface area contributed by atoms with Gasteiger partial charge >= 0.3 is 17.9 Å². The summed E-state index contributed by atoms with van der Waals surface area (Å²) in [6.07, 6.45) is 11.6. The molecule has 0 bridgehead atoms. The van der Waals surface area contributed by atoms with E-state index in [4.69, 9.17) is 14.9 Å². The van der Waals surface area contributed by atoms with E-state index in [9.17, 15) is 19.2 Å². The van der Waals surface area contributed by atoms with Gasteiger partial charge in [0.1, 0.15) is 0 Å². The Morgan fingerprint density at radius 2 is 1.51 bits per heavy atom.